The zero-order valence-electron chi connectivity index (χ0n) is 51.1. The van der Waals surface area contributed by atoms with Crippen molar-refractivity contribution in [2.45, 2.75) is 38.1 Å². The molecule has 2 saturated heterocycles. The summed E-state index contributed by atoms with van der Waals surface area (Å²) in [5, 5.41) is 18.2. The number of amides is 2. The van der Waals surface area contributed by atoms with Gasteiger partial charge in [-0.3, -0.25) is 9.59 Å². The van der Waals surface area contributed by atoms with E-state index in [9.17, 15) is 28.0 Å². The lowest BCUT2D eigenvalue weighted by atomic mass is 10.0. The molecule has 480 valence electrons. The fourth-order valence-electron chi connectivity index (χ4n) is 11.7. The van der Waals surface area contributed by atoms with Gasteiger partial charge in [0.05, 0.1) is 118 Å². The average molecular weight is 1290 g/mol. The summed E-state index contributed by atoms with van der Waals surface area (Å²) in [5.74, 6) is -8.79. The van der Waals surface area contributed by atoms with Gasteiger partial charge < -0.3 is 42.6 Å². The Balaban J connectivity index is 0.817. The second kappa shape index (κ2) is 26.7. The van der Waals surface area contributed by atoms with Gasteiger partial charge in [0.1, 0.15) is 59.8 Å². The first kappa shape index (κ1) is 63.9. The van der Waals surface area contributed by atoms with Crippen molar-refractivity contribution in [3.63, 3.8) is 0 Å². The van der Waals surface area contributed by atoms with Crippen LogP contribution in [0.25, 0.3) is 44.6 Å². The molecule has 0 spiro atoms. The minimum absolute atomic E-state index is 0.00151. The van der Waals surface area contributed by atoms with Gasteiger partial charge in [-0.15, -0.1) is 0 Å². The fraction of sp³-hybridized carbons (Fsp3) is 0.229. The van der Waals surface area contributed by atoms with Crippen LogP contribution in [-0.2, 0) is 49.9 Å². The van der Waals surface area contributed by atoms with E-state index < -0.39 is 70.8 Å². The van der Waals surface area contributed by atoms with Gasteiger partial charge >= 0.3 is 11.9 Å². The van der Waals surface area contributed by atoms with Gasteiger partial charge in [0.25, 0.3) is 0 Å². The molecule has 4 aromatic heterocycles. The van der Waals surface area contributed by atoms with E-state index >= 15 is 17.6 Å². The number of nitriles is 2. The number of fused-ring (bicyclic) bond motifs is 2. The molecule has 19 nitrogen and oxygen atoms in total. The number of hydrogen-bond acceptors (Lipinski definition) is 15. The van der Waals surface area contributed by atoms with Crippen LogP contribution in [0.4, 0.5) is 26.3 Å². The predicted octanol–water partition coefficient (Wildman–Crippen LogP) is 11.0. The number of esters is 2. The Labute approximate surface area is 537 Å². The van der Waals surface area contributed by atoms with Gasteiger partial charge in [-0.25, -0.2) is 55.9 Å². The van der Waals surface area contributed by atoms with Gasteiger partial charge in [-0.1, -0.05) is 24.3 Å². The summed E-state index contributed by atoms with van der Waals surface area (Å²) >= 11 is 0. The van der Waals surface area contributed by atoms with Gasteiger partial charge in [-0.05, 0) is 108 Å². The first-order valence-corrected chi connectivity index (χ1v) is 29.6. The van der Waals surface area contributed by atoms with Crippen molar-refractivity contribution in [3.8, 4) is 46.4 Å². The molecule has 2 amide bonds. The molecule has 6 aromatic carbocycles. The second-order valence-corrected chi connectivity index (χ2v) is 23.1. The number of carbonyl (C=O) groups excluding carboxylic acids is 4. The molecule has 4 atom stereocenters. The molecule has 2 fully saturated rings. The van der Waals surface area contributed by atoms with Crippen LogP contribution in [0.5, 0.6) is 11.8 Å². The third kappa shape index (κ3) is 13.1. The highest BCUT2D eigenvalue weighted by Crippen LogP contribution is 2.38. The van der Waals surface area contributed by atoms with Crippen molar-refractivity contribution in [2.24, 2.45) is 11.8 Å². The van der Waals surface area contributed by atoms with Crippen LogP contribution >= 0.6 is 0 Å². The number of benzene rings is 6. The van der Waals surface area contributed by atoms with Crippen molar-refractivity contribution in [1.29, 1.82) is 10.5 Å². The molecule has 2 aliphatic heterocycles. The molecule has 95 heavy (non-hydrogen) atoms. The number of pyridine rings is 2. The highest BCUT2D eigenvalue weighted by atomic mass is 19.1. The first-order chi connectivity index (χ1) is 45.7. The van der Waals surface area contributed by atoms with E-state index in [1.165, 1.54) is 107 Å². The number of imidazole rings is 2. The Morgan fingerprint density at radius 1 is 0.495 bits per heavy atom. The Morgan fingerprint density at radius 2 is 0.905 bits per heavy atom. The lowest BCUT2D eigenvalue weighted by molar-refractivity contribution is -0.134. The van der Waals surface area contributed by atoms with Crippen LogP contribution in [0.1, 0.15) is 77.8 Å². The normalized spacial score (nSPS) is 16.0. The van der Waals surface area contributed by atoms with Crippen LogP contribution in [0.2, 0.25) is 0 Å². The van der Waals surface area contributed by atoms with Crippen LogP contribution in [0.3, 0.4) is 0 Å². The molecule has 0 radical (unpaired) electrons. The lowest BCUT2D eigenvalue weighted by Gasteiger charge is -2.24. The molecule has 0 N–H and O–H groups in total. The Kier molecular flexibility index (Phi) is 18.0. The SMILES string of the molecule is CN(C)C(=O)[C@@H]1COC[C@@H]1n1c(Cc2cc(F)c(-c3cccc(OCc4ccc(C#N)cc4F)n3)cc2F)nc2ccc(C(=O)OC(=O)c3ccc4nc(Cc5cc(F)c(-c6cccc(OCc7ccc(C#N)cc7F)n6)cc5F)n([C@H]5COC[C@H]5C(=O)N(C)C)c4c3)cc21. The van der Waals surface area contributed by atoms with E-state index in [1.54, 1.807) is 37.3 Å². The number of ether oxygens (including phenoxy) is 5. The molecule has 25 heteroatoms. The molecule has 12 rings (SSSR count). The minimum atomic E-state index is -1.10. The van der Waals surface area contributed by atoms with E-state index in [1.807, 2.05) is 12.1 Å². The maximum absolute atomic E-state index is 16.4. The van der Waals surface area contributed by atoms with Gasteiger partial charge in [-0.2, -0.15) is 10.5 Å². The van der Waals surface area contributed by atoms with Crippen molar-refractivity contribution < 1.29 is 69.2 Å². The molecular formula is C70H54F6N10O9. The average Bonchev–Trinajstić information content (AvgIpc) is 1.63. The molecule has 10 aromatic rings. The molecule has 2 aliphatic rings. The van der Waals surface area contributed by atoms with Crippen molar-refractivity contribution in [3.05, 3.63) is 225 Å². The fourth-order valence-corrected chi connectivity index (χ4v) is 11.7. The van der Waals surface area contributed by atoms with Gasteiger partial charge in [0.15, 0.2) is 0 Å². The summed E-state index contributed by atoms with van der Waals surface area (Å²) in [5.41, 5.74) is 0.695. The van der Waals surface area contributed by atoms with Crippen LogP contribution in [-0.4, -0.2) is 117 Å². The number of aromatic nitrogens is 6. The van der Waals surface area contributed by atoms with Crippen molar-refractivity contribution in [2.75, 3.05) is 54.6 Å². The summed E-state index contributed by atoms with van der Waals surface area (Å²) in [6.45, 7) is -0.555. The molecule has 0 bridgehead atoms. The monoisotopic (exact) mass is 1290 g/mol. The van der Waals surface area contributed by atoms with Crippen molar-refractivity contribution in [1.82, 2.24) is 38.9 Å². The van der Waals surface area contributed by atoms with E-state index in [0.717, 1.165) is 36.4 Å². The third-order valence-electron chi connectivity index (χ3n) is 16.5. The Hall–Kier alpha value is -11.3. The van der Waals surface area contributed by atoms with Crippen LogP contribution < -0.4 is 9.47 Å². The molecular weight excluding hydrogens is 1240 g/mol. The summed E-state index contributed by atoms with van der Waals surface area (Å²) < 4.78 is 127. The van der Waals surface area contributed by atoms with Crippen LogP contribution in [0, 0.1) is 69.4 Å². The maximum atomic E-state index is 16.4. The van der Waals surface area contributed by atoms with E-state index in [0.29, 0.717) is 0 Å². The van der Waals surface area contributed by atoms with Gasteiger partial charge in [0.2, 0.25) is 23.6 Å². The largest absolute Gasteiger partial charge is 0.473 e. The zero-order valence-corrected chi connectivity index (χ0v) is 51.1. The summed E-state index contributed by atoms with van der Waals surface area (Å²) in [7, 11) is 6.31. The number of halogens is 6. The molecule has 0 aliphatic carbocycles. The topological polar surface area (TPSA) is 230 Å². The standard InChI is InChI=1S/C70H54F6N10O9/c1-83(2)67(87)47-33-91-35-61(47)85-59-23-39(15-17-57(59)79-63(85)25-43-21-53(75)45(27-51(43)73)55-7-5-9-65(81-55)93-31-41-13-11-37(29-77)19-49(41)71)69(89)95-70(90)40-16-18-58-60(24-40)86(62-36-92-34-48(62)68(88)84(3)4)64(80-58)26-44-22-54(76)46(28-52(44)74)56-8-6-10-66(82-56)94-32-42-14-12-38(30-78)20-50(42)72/h5-24,27-28,47-48,61-62H,25-26,31-36H2,1-4H3/t47-,48-,61+,62+/m1/s1. The van der Waals surface area contributed by atoms with Crippen molar-refractivity contribution >= 4 is 45.8 Å². The quantitative estimate of drug-likeness (QED) is 0.0442. The Bertz CT molecular complexity index is 4530. The van der Waals surface area contributed by atoms with E-state index in [-0.39, 0.29) is 177 Å². The Morgan fingerprint density at radius 3 is 1.29 bits per heavy atom. The molecule has 0 unspecified atom stereocenters. The first-order valence-electron chi connectivity index (χ1n) is 29.6. The van der Waals surface area contributed by atoms with E-state index in [4.69, 9.17) is 44.2 Å². The highest BCUT2D eigenvalue weighted by Gasteiger charge is 2.40. The third-order valence-corrected chi connectivity index (χ3v) is 16.5. The number of nitrogens with zero attached hydrogens (tertiary/aromatic N) is 10. The lowest BCUT2D eigenvalue weighted by Crippen LogP contribution is -2.35. The zero-order chi connectivity index (χ0) is 66.9. The summed E-state index contributed by atoms with van der Waals surface area (Å²) in [4.78, 5) is 76.9. The molecule has 0 saturated carbocycles. The predicted molar refractivity (Wildman–Crippen MR) is 329 cm³/mol. The smallest absolute Gasteiger partial charge is 0.346 e. The summed E-state index contributed by atoms with van der Waals surface area (Å²) in [6, 6.07) is 31.2. The maximum Gasteiger partial charge on any atom is 0.346 e. The van der Waals surface area contributed by atoms with Gasteiger partial charge in [0, 0.05) is 75.4 Å². The number of carbonyl (C=O) groups is 4. The van der Waals surface area contributed by atoms with Crippen LogP contribution in [0.15, 0.2) is 133 Å². The summed E-state index contributed by atoms with van der Waals surface area (Å²) in [6.07, 6.45) is -0.645. The number of rotatable bonds is 18. The number of hydrogen-bond donors (Lipinski definition) is 0. The highest BCUT2D eigenvalue weighted by molar-refractivity contribution is 6.05. The van der Waals surface area contributed by atoms with E-state index in [2.05, 4.69) is 9.97 Å². The molecule has 6 heterocycles. The second-order valence-electron chi connectivity index (χ2n) is 23.1. The minimum Gasteiger partial charge on any atom is -0.473 e.